The number of carbonyl (C=O) groups is 3. The molecular weight excluding hydrogens is 428 g/mol. The van der Waals surface area contributed by atoms with Gasteiger partial charge in [0.05, 0.1) is 13.0 Å². The number of carbonyl (C=O) groups excluding carboxylic acids is 2. The Bertz CT molecular complexity index is 1300. The molecule has 0 aliphatic heterocycles. The molecular formula is C23H20N4O6. The van der Waals surface area contributed by atoms with Crippen LogP contribution in [-0.4, -0.2) is 37.5 Å². The van der Waals surface area contributed by atoms with Crippen molar-refractivity contribution in [3.63, 3.8) is 0 Å². The van der Waals surface area contributed by atoms with Crippen molar-refractivity contribution in [3.8, 4) is 11.3 Å². The van der Waals surface area contributed by atoms with E-state index in [9.17, 15) is 14.4 Å². The second-order valence-corrected chi connectivity index (χ2v) is 7.22. The van der Waals surface area contributed by atoms with E-state index >= 15 is 0 Å². The number of carboxylic acid groups (broad SMARTS) is 1. The predicted octanol–water partition coefficient (Wildman–Crippen LogP) is 3.65. The monoisotopic (exact) mass is 448 g/mol. The third kappa shape index (κ3) is 5.24. The first kappa shape index (κ1) is 21.8. The molecule has 0 atom stereocenters. The number of rotatable bonds is 9. The first-order chi connectivity index (χ1) is 15.9. The van der Waals surface area contributed by atoms with Gasteiger partial charge >= 0.3 is 5.97 Å². The lowest BCUT2D eigenvalue weighted by Crippen LogP contribution is -2.14. The number of oxazole rings is 1. The molecule has 4 rings (SSSR count). The van der Waals surface area contributed by atoms with E-state index in [1.165, 1.54) is 6.92 Å². The fourth-order valence-electron chi connectivity index (χ4n) is 3.13. The van der Waals surface area contributed by atoms with E-state index in [-0.39, 0.29) is 54.1 Å². The SMILES string of the molecule is CC(=O)c1ccc(Cn2ccc(NC(=O)c3nc(CCC(=O)O)oc3-c3ccccc3)n2)o1. The molecule has 0 fully saturated rings. The van der Waals surface area contributed by atoms with Crippen LogP contribution in [0.15, 0.2) is 63.6 Å². The van der Waals surface area contributed by atoms with Crippen LogP contribution in [0.25, 0.3) is 11.3 Å². The molecule has 0 saturated carbocycles. The summed E-state index contributed by atoms with van der Waals surface area (Å²) in [4.78, 5) is 39.4. The summed E-state index contributed by atoms with van der Waals surface area (Å²) in [5.74, 6) is -0.187. The highest BCUT2D eigenvalue weighted by molar-refractivity contribution is 6.06. The molecule has 3 aromatic heterocycles. The minimum absolute atomic E-state index is 0.0354. The molecule has 33 heavy (non-hydrogen) atoms. The normalized spacial score (nSPS) is 10.8. The number of hydrogen-bond donors (Lipinski definition) is 2. The Morgan fingerprint density at radius 2 is 1.85 bits per heavy atom. The average molecular weight is 448 g/mol. The molecule has 2 N–H and O–H groups in total. The van der Waals surface area contributed by atoms with Crippen molar-refractivity contribution in [1.82, 2.24) is 14.8 Å². The molecule has 0 spiro atoms. The van der Waals surface area contributed by atoms with Gasteiger partial charge in [0.15, 0.2) is 34.7 Å². The van der Waals surface area contributed by atoms with E-state index in [1.54, 1.807) is 53.3 Å². The summed E-state index contributed by atoms with van der Waals surface area (Å²) in [6.07, 6.45) is 1.55. The zero-order valence-electron chi connectivity index (χ0n) is 17.6. The van der Waals surface area contributed by atoms with E-state index in [0.717, 1.165) is 0 Å². The van der Waals surface area contributed by atoms with E-state index in [4.69, 9.17) is 13.9 Å². The highest BCUT2D eigenvalue weighted by atomic mass is 16.4. The number of aliphatic carboxylic acids is 1. The van der Waals surface area contributed by atoms with Gasteiger partial charge in [-0.3, -0.25) is 19.1 Å². The predicted molar refractivity (Wildman–Crippen MR) is 116 cm³/mol. The molecule has 1 amide bonds. The van der Waals surface area contributed by atoms with E-state index in [1.807, 2.05) is 6.07 Å². The van der Waals surface area contributed by atoms with Crippen LogP contribution in [0.5, 0.6) is 0 Å². The van der Waals surface area contributed by atoms with Crippen molar-refractivity contribution in [2.75, 3.05) is 5.32 Å². The number of aromatic nitrogens is 3. The quantitative estimate of drug-likeness (QED) is 0.370. The maximum Gasteiger partial charge on any atom is 0.303 e. The van der Waals surface area contributed by atoms with Gasteiger partial charge in [0.2, 0.25) is 0 Å². The number of aryl methyl sites for hydroxylation is 1. The summed E-state index contributed by atoms with van der Waals surface area (Å²) in [6, 6.07) is 13.9. The molecule has 10 nitrogen and oxygen atoms in total. The first-order valence-corrected chi connectivity index (χ1v) is 10.1. The van der Waals surface area contributed by atoms with Crippen molar-refractivity contribution in [2.24, 2.45) is 0 Å². The maximum atomic E-state index is 13.0. The fourth-order valence-corrected chi connectivity index (χ4v) is 3.13. The summed E-state index contributed by atoms with van der Waals surface area (Å²) in [7, 11) is 0. The highest BCUT2D eigenvalue weighted by Crippen LogP contribution is 2.26. The first-order valence-electron chi connectivity index (χ1n) is 10.1. The number of nitrogens with one attached hydrogen (secondary N) is 1. The fraction of sp³-hybridized carbons (Fsp3) is 0.174. The highest BCUT2D eigenvalue weighted by Gasteiger charge is 2.22. The Morgan fingerprint density at radius 3 is 2.55 bits per heavy atom. The molecule has 10 heteroatoms. The maximum absolute atomic E-state index is 13.0. The molecule has 3 heterocycles. The van der Waals surface area contributed by atoms with Gasteiger partial charge in [-0.1, -0.05) is 30.3 Å². The summed E-state index contributed by atoms with van der Waals surface area (Å²) in [6.45, 7) is 1.70. The summed E-state index contributed by atoms with van der Waals surface area (Å²) < 4.78 is 12.7. The van der Waals surface area contributed by atoms with Crippen LogP contribution < -0.4 is 5.32 Å². The molecule has 1 aromatic carbocycles. The van der Waals surface area contributed by atoms with Crippen LogP contribution in [0.2, 0.25) is 0 Å². The minimum Gasteiger partial charge on any atom is -0.481 e. The topological polar surface area (TPSA) is 140 Å². The zero-order chi connectivity index (χ0) is 23.4. The van der Waals surface area contributed by atoms with Gasteiger partial charge in [-0.25, -0.2) is 4.98 Å². The summed E-state index contributed by atoms with van der Waals surface area (Å²) >= 11 is 0. The number of carboxylic acids is 1. The summed E-state index contributed by atoms with van der Waals surface area (Å²) in [5, 5.41) is 15.9. The molecule has 4 aromatic rings. The van der Waals surface area contributed by atoms with Gasteiger partial charge in [0.1, 0.15) is 5.76 Å². The lowest BCUT2D eigenvalue weighted by Gasteiger charge is -2.02. The lowest BCUT2D eigenvalue weighted by molar-refractivity contribution is -0.137. The molecule has 0 aliphatic rings. The number of Topliss-reactive ketones (excluding diaryl/α,β-unsaturated/α-hetero) is 1. The van der Waals surface area contributed by atoms with Gasteiger partial charge in [-0.2, -0.15) is 5.10 Å². The largest absolute Gasteiger partial charge is 0.481 e. The van der Waals surface area contributed by atoms with Crippen LogP contribution in [0, 0.1) is 0 Å². The number of furan rings is 1. The van der Waals surface area contributed by atoms with Crippen LogP contribution in [-0.2, 0) is 17.8 Å². The van der Waals surface area contributed by atoms with Gasteiger partial charge in [0, 0.05) is 31.2 Å². The van der Waals surface area contributed by atoms with Crippen LogP contribution in [0.3, 0.4) is 0 Å². The lowest BCUT2D eigenvalue weighted by atomic mass is 10.1. The number of benzene rings is 1. The Labute approximate surface area is 187 Å². The number of amides is 1. The van der Waals surface area contributed by atoms with Crippen LogP contribution >= 0.6 is 0 Å². The van der Waals surface area contributed by atoms with Crippen molar-refractivity contribution in [2.45, 2.75) is 26.3 Å². The molecule has 0 radical (unpaired) electrons. The molecule has 168 valence electrons. The molecule has 0 aliphatic carbocycles. The number of ketones is 1. The Hall–Kier alpha value is -4.47. The zero-order valence-corrected chi connectivity index (χ0v) is 17.6. The standard InChI is InChI=1S/C23H20N4O6/c1-14(28)17-8-7-16(32-17)13-27-12-11-18(26-27)24-23(31)21-22(15-5-3-2-4-6-15)33-19(25-21)9-10-20(29)30/h2-8,11-12H,9-10,13H2,1H3,(H,29,30)(H,24,26,31). The number of nitrogens with zero attached hydrogens (tertiary/aromatic N) is 3. The van der Waals surface area contributed by atoms with Crippen molar-refractivity contribution in [1.29, 1.82) is 0 Å². The van der Waals surface area contributed by atoms with Crippen LogP contribution in [0.1, 0.15) is 46.0 Å². The van der Waals surface area contributed by atoms with E-state index in [0.29, 0.717) is 11.3 Å². The Morgan fingerprint density at radius 1 is 1.06 bits per heavy atom. The summed E-state index contributed by atoms with van der Waals surface area (Å²) in [5.41, 5.74) is 0.676. The number of hydrogen-bond acceptors (Lipinski definition) is 7. The third-order valence-electron chi connectivity index (χ3n) is 4.68. The van der Waals surface area contributed by atoms with Gasteiger partial charge in [-0.15, -0.1) is 0 Å². The van der Waals surface area contributed by atoms with Crippen molar-refractivity contribution >= 4 is 23.5 Å². The van der Waals surface area contributed by atoms with E-state index < -0.39 is 11.9 Å². The molecule has 0 bridgehead atoms. The van der Waals surface area contributed by atoms with Gasteiger partial charge in [0.25, 0.3) is 5.91 Å². The second kappa shape index (κ2) is 9.35. The van der Waals surface area contributed by atoms with Gasteiger partial charge < -0.3 is 19.3 Å². The molecule has 0 saturated heterocycles. The van der Waals surface area contributed by atoms with Crippen molar-refractivity contribution < 1.29 is 28.3 Å². The second-order valence-electron chi connectivity index (χ2n) is 7.22. The van der Waals surface area contributed by atoms with Crippen molar-refractivity contribution in [3.05, 3.63) is 77.8 Å². The minimum atomic E-state index is -0.988. The Kier molecular flexibility index (Phi) is 6.16. The van der Waals surface area contributed by atoms with Crippen LogP contribution in [0.4, 0.5) is 5.82 Å². The number of anilines is 1. The molecule has 0 unspecified atom stereocenters. The van der Waals surface area contributed by atoms with E-state index in [2.05, 4.69) is 15.4 Å². The smallest absolute Gasteiger partial charge is 0.303 e. The Balaban J connectivity index is 1.52. The average Bonchev–Trinajstić information content (AvgIpc) is 3.53. The third-order valence-corrected chi connectivity index (χ3v) is 4.68. The van der Waals surface area contributed by atoms with Gasteiger partial charge in [-0.05, 0) is 12.1 Å².